The van der Waals surface area contributed by atoms with Crippen molar-refractivity contribution >= 4 is 64.6 Å². The molecule has 0 unspecified atom stereocenters. The smallest absolute Gasteiger partial charge is 0.0610 e. The predicted octanol–water partition coefficient (Wildman–Crippen LogP) is 12.5. The molecule has 0 saturated carbocycles. The molecule has 0 aliphatic rings. The van der Waals surface area contributed by atoms with Crippen LogP contribution in [0.4, 0.5) is 0 Å². The summed E-state index contributed by atoms with van der Waals surface area (Å²) >= 11 is 0. The molecule has 0 fully saturated rings. The summed E-state index contributed by atoms with van der Waals surface area (Å²) in [5, 5.41) is -0.463. The first kappa shape index (κ1) is 12.5. The highest BCUT2D eigenvalue weighted by molar-refractivity contribution is 6.26. The molecule has 0 spiro atoms. The Balaban J connectivity index is 1.19. The fourth-order valence-corrected chi connectivity index (χ4v) is 6.24. The molecular weight excluding hydrogens is 528 g/mol. The normalized spacial score (nSPS) is 17.8. The minimum atomic E-state index is -0.555. The van der Waals surface area contributed by atoms with Crippen LogP contribution in [0.2, 0.25) is 0 Å². The van der Waals surface area contributed by atoms with Crippen LogP contribution >= 0.6 is 0 Å². The molecule has 0 saturated heterocycles. The third-order valence-electron chi connectivity index (χ3n) is 8.28. The van der Waals surface area contributed by atoms with Gasteiger partial charge in [0.05, 0.1) is 24.7 Å². The second-order valence-electron chi connectivity index (χ2n) is 10.7. The van der Waals surface area contributed by atoms with Gasteiger partial charge in [-0.1, -0.05) is 151 Å². The fraction of sp³-hybridized carbons (Fsp3) is 0. The van der Waals surface area contributed by atoms with Crippen molar-refractivity contribution in [2.75, 3.05) is 0 Å². The van der Waals surface area contributed by atoms with Crippen molar-refractivity contribution in [3.8, 4) is 33.4 Å². The molecule has 0 N–H and O–H groups in total. The summed E-state index contributed by atoms with van der Waals surface area (Å²) in [5.74, 6) is 0. The van der Waals surface area contributed by atoms with Crippen molar-refractivity contribution in [2.24, 2.45) is 0 Å². The van der Waals surface area contributed by atoms with Crippen LogP contribution in [0.1, 0.15) is 24.7 Å². The molecule has 0 amide bonds. The zero-order chi connectivity index (χ0) is 44.4. The van der Waals surface area contributed by atoms with E-state index in [-0.39, 0.29) is 87.8 Å². The third-order valence-corrected chi connectivity index (χ3v) is 8.28. The van der Waals surface area contributed by atoms with E-state index in [4.69, 9.17) is 21.9 Å². The van der Waals surface area contributed by atoms with Gasteiger partial charge in [-0.25, -0.2) is 0 Å². The highest BCUT2D eigenvalue weighted by Crippen LogP contribution is 2.41. The van der Waals surface area contributed by atoms with Gasteiger partial charge in [0.2, 0.25) is 0 Å². The van der Waals surface area contributed by atoms with Gasteiger partial charge in [-0.3, -0.25) is 0 Å². The summed E-state index contributed by atoms with van der Waals surface area (Å²) in [6.45, 7) is 0. The van der Waals surface area contributed by atoms with Gasteiger partial charge in [-0.05, 0) is 104 Å². The van der Waals surface area contributed by atoms with E-state index in [1.165, 1.54) is 0 Å². The maximum atomic E-state index is 9.18. The Bertz CT molecular complexity index is 3660. The van der Waals surface area contributed by atoms with Crippen LogP contribution in [0, 0.1) is 0 Å². The third kappa shape index (κ3) is 3.34. The van der Waals surface area contributed by atoms with E-state index in [0.29, 0.717) is 22.3 Å². The lowest BCUT2D eigenvalue weighted by atomic mass is 9.88. The van der Waals surface area contributed by atoms with Crippen LogP contribution in [0.15, 0.2) is 157 Å². The Hall–Kier alpha value is -5.72. The van der Waals surface area contributed by atoms with Crippen LogP contribution in [0.5, 0.6) is 0 Å². The van der Waals surface area contributed by atoms with E-state index >= 15 is 0 Å². The molecule has 10 aromatic rings. The molecule has 10 aromatic carbocycles. The fourth-order valence-electron chi connectivity index (χ4n) is 6.24. The Labute approximate surface area is 280 Å². The second kappa shape index (κ2) is 8.89. The molecule has 0 aliphatic heterocycles. The highest BCUT2D eigenvalue weighted by atomic mass is 14.2. The zero-order valence-corrected chi connectivity index (χ0v) is 22.6. The summed E-state index contributed by atoms with van der Waals surface area (Å²) in [6.07, 6.45) is 0. The number of benzene rings is 10. The van der Waals surface area contributed by atoms with E-state index in [2.05, 4.69) is 0 Å². The first-order chi connectivity index (χ1) is 29.3. The molecule has 0 atom stereocenters. The van der Waals surface area contributed by atoms with Crippen LogP contribution in [-0.2, 0) is 0 Å². The van der Waals surface area contributed by atoms with Gasteiger partial charge in [-0.2, -0.15) is 0 Å². The molecule has 202 valence electrons. The summed E-state index contributed by atoms with van der Waals surface area (Å²) < 4.78 is 159. The van der Waals surface area contributed by atoms with Gasteiger partial charge in [0.15, 0.2) is 0 Å². The molecule has 0 aliphatic carbocycles. The number of rotatable bonds is 3. The Morgan fingerprint density at radius 3 is 1.27 bits per heavy atom. The minimum absolute atomic E-state index is 0.0339. The monoisotopic (exact) mass is 572 g/mol. The molecule has 0 heterocycles. The van der Waals surface area contributed by atoms with E-state index in [0.717, 1.165) is 0 Å². The van der Waals surface area contributed by atoms with Crippen molar-refractivity contribution in [1.82, 2.24) is 0 Å². The van der Waals surface area contributed by atoms with Crippen LogP contribution in [0.25, 0.3) is 98.0 Å². The topological polar surface area (TPSA) is 0 Å². The number of hydrogen-bond donors (Lipinski definition) is 0. The first-order valence-corrected chi connectivity index (χ1v) is 13.9. The molecule has 0 radical (unpaired) electrons. The maximum absolute atomic E-state index is 9.18. The molecule has 0 aromatic heterocycles. The molecule has 0 nitrogen and oxygen atoms in total. The average Bonchev–Trinajstić information content (AvgIpc) is 3.25. The Morgan fingerprint density at radius 1 is 0.318 bits per heavy atom. The van der Waals surface area contributed by atoms with Gasteiger partial charge < -0.3 is 0 Å². The van der Waals surface area contributed by atoms with Gasteiger partial charge in [-0.15, -0.1) is 0 Å². The lowest BCUT2D eigenvalue weighted by Gasteiger charge is -2.15. The largest absolute Gasteiger partial charge is 0.0630 e. The molecule has 0 heteroatoms. The summed E-state index contributed by atoms with van der Waals surface area (Å²) in [7, 11) is 0. The molecular formula is C44H26. The predicted molar refractivity (Wildman–Crippen MR) is 190 cm³/mol. The van der Waals surface area contributed by atoms with E-state index < -0.39 is 96.7 Å². The summed E-state index contributed by atoms with van der Waals surface area (Å²) in [6, 6.07) is 5.36. The Kier molecular flexibility index (Phi) is 2.52. The van der Waals surface area contributed by atoms with Crippen LogP contribution in [0.3, 0.4) is 0 Å². The second-order valence-corrected chi connectivity index (χ2v) is 10.7. The SMILES string of the molecule is [2H]c1c([2H])c2c([2H])c([2H])c3c([2H])c([2H])c(-c4ccc(-c5cccc(-c6c([2H])c([2H])c7c([2H])c([2H])c8c([2H])c([2H])c([2H])c9c([2H])c([2H])c6c7c89)c5)cc4)c4c([2H])c([2H])c(c1[2H])c2c34. The van der Waals surface area contributed by atoms with Crippen molar-refractivity contribution in [1.29, 1.82) is 0 Å². The average molecular weight is 573 g/mol. The maximum Gasteiger partial charge on any atom is 0.0630 e. The molecule has 10 rings (SSSR count). The van der Waals surface area contributed by atoms with Gasteiger partial charge in [0, 0.05) is 0 Å². The van der Waals surface area contributed by atoms with Crippen molar-refractivity contribution in [3.63, 3.8) is 0 Å². The van der Waals surface area contributed by atoms with Crippen molar-refractivity contribution in [2.45, 2.75) is 0 Å². The van der Waals surface area contributed by atoms with Crippen LogP contribution < -0.4 is 0 Å². The van der Waals surface area contributed by atoms with Crippen molar-refractivity contribution < 1.29 is 24.7 Å². The van der Waals surface area contributed by atoms with Gasteiger partial charge >= 0.3 is 0 Å². The van der Waals surface area contributed by atoms with E-state index in [9.17, 15) is 2.74 Å². The lowest BCUT2D eigenvalue weighted by molar-refractivity contribution is 1.60. The quantitative estimate of drug-likeness (QED) is 0.185. The lowest BCUT2D eigenvalue weighted by Crippen LogP contribution is -1.88. The first-order valence-electron chi connectivity index (χ1n) is 22.9. The van der Waals surface area contributed by atoms with Gasteiger partial charge in [0.25, 0.3) is 0 Å². The Morgan fingerprint density at radius 2 is 0.727 bits per heavy atom. The number of hydrogen-bond acceptors (Lipinski definition) is 0. The molecule has 44 heavy (non-hydrogen) atoms. The summed E-state index contributed by atoms with van der Waals surface area (Å²) in [5.41, 5.74) is 2.12. The van der Waals surface area contributed by atoms with E-state index in [1.807, 2.05) is 0 Å². The van der Waals surface area contributed by atoms with Gasteiger partial charge in [0.1, 0.15) is 0 Å². The van der Waals surface area contributed by atoms with E-state index in [1.54, 1.807) is 48.5 Å². The highest BCUT2D eigenvalue weighted by Gasteiger charge is 2.14. The standard InChI is InChI=1S/C44H26/c1-4-29-14-16-33-18-22-37(39-24-20-31(6-1)41(29)43(33)39)28-12-10-27(11-13-28)35-8-3-9-36(26-35)38-23-19-34-17-15-30-5-2-7-32-21-25-40(38)44(34)42(30)32/h1-26H/i1D,2D,4D,5D,6D,7D,14D,15D,16D,17D,18D,19D,20D,21D,22D,23D,24D,25D. The zero-order valence-electron chi connectivity index (χ0n) is 40.6. The van der Waals surface area contributed by atoms with Crippen molar-refractivity contribution in [3.05, 3.63) is 157 Å². The minimum Gasteiger partial charge on any atom is -0.0610 e. The summed E-state index contributed by atoms with van der Waals surface area (Å²) in [4.78, 5) is 0. The van der Waals surface area contributed by atoms with Crippen LogP contribution in [-0.4, -0.2) is 0 Å². The molecule has 0 bridgehead atoms.